The molecule has 280 valence electrons. The summed E-state index contributed by atoms with van der Waals surface area (Å²) in [5.74, 6) is -0.268. The first-order valence-corrected chi connectivity index (χ1v) is 19.2. The molecule has 0 aliphatic carbocycles. The molecule has 0 unspecified atom stereocenters. The molecule has 6 aromatic carbocycles. The fourth-order valence-electron chi connectivity index (χ4n) is 5.43. The number of methoxy groups -OCH3 is 1. The van der Waals surface area contributed by atoms with Gasteiger partial charge in [-0.2, -0.15) is 37.3 Å². The van der Waals surface area contributed by atoms with Crippen LogP contribution in [0.3, 0.4) is 0 Å². The number of para-hydroxylation sites is 1. The Morgan fingerprint density at radius 2 is 1.15 bits per heavy atom. The van der Waals surface area contributed by atoms with Gasteiger partial charge in [0.05, 0.1) is 34.8 Å². The van der Waals surface area contributed by atoms with Gasteiger partial charge in [0.15, 0.2) is 5.75 Å². The Hall–Kier alpha value is -6.40. The normalized spacial score (nSPS) is 12.3. The van der Waals surface area contributed by atoms with E-state index in [1.165, 1.54) is 37.4 Å². The van der Waals surface area contributed by atoms with Crippen LogP contribution in [0.2, 0.25) is 0 Å². The Morgan fingerprint density at radius 3 is 1.73 bits per heavy atom. The molecule has 0 bridgehead atoms. The zero-order valence-corrected chi connectivity index (χ0v) is 31.3. The highest BCUT2D eigenvalue weighted by Gasteiger charge is 2.23. The van der Waals surface area contributed by atoms with Crippen molar-refractivity contribution < 1.29 is 35.8 Å². The van der Waals surface area contributed by atoms with Crippen LogP contribution in [0.15, 0.2) is 144 Å². The Bertz CT molecular complexity index is 2760. The molecular formula is C38H33N7O8S2. The largest absolute Gasteiger partial charge is 0.505 e. The average molecular weight is 780 g/mol. The van der Waals surface area contributed by atoms with Gasteiger partial charge in [-0.15, -0.1) is 10.2 Å². The lowest BCUT2D eigenvalue weighted by Crippen LogP contribution is -1.99. The second-order valence-corrected chi connectivity index (χ2v) is 15.1. The van der Waals surface area contributed by atoms with Crippen LogP contribution in [0.4, 0.5) is 45.5 Å². The van der Waals surface area contributed by atoms with Gasteiger partial charge in [0.25, 0.3) is 20.2 Å². The number of nitrogens with one attached hydrogen (secondary N) is 1. The SMILES string of the molecule is COc1cc(N=Nc2cc(C)c(N=Nc3ccc(S(=O)(=O)O)cc3)cc2C)c(C)cc1N=Nc1c(S(=O)(=O)O)cc2cc(Nc3ccccc3)ccc2c1O. The zero-order chi connectivity index (χ0) is 39.5. The van der Waals surface area contributed by atoms with Crippen molar-refractivity contribution in [3.05, 3.63) is 120 Å². The second-order valence-electron chi connectivity index (χ2n) is 12.3. The first-order valence-electron chi connectivity index (χ1n) is 16.3. The van der Waals surface area contributed by atoms with Gasteiger partial charge >= 0.3 is 0 Å². The van der Waals surface area contributed by atoms with E-state index in [-0.39, 0.29) is 21.7 Å². The van der Waals surface area contributed by atoms with Crippen molar-refractivity contribution in [1.29, 1.82) is 0 Å². The summed E-state index contributed by atoms with van der Waals surface area (Å²) in [7, 11) is -7.76. The van der Waals surface area contributed by atoms with Crippen molar-refractivity contribution in [3.63, 3.8) is 0 Å². The summed E-state index contributed by atoms with van der Waals surface area (Å²) in [6.07, 6.45) is 0. The number of nitrogens with zero attached hydrogens (tertiary/aromatic N) is 6. The van der Waals surface area contributed by atoms with E-state index in [0.717, 1.165) is 16.8 Å². The molecule has 0 aliphatic rings. The number of benzene rings is 6. The van der Waals surface area contributed by atoms with Crippen LogP contribution in [-0.2, 0) is 20.2 Å². The van der Waals surface area contributed by atoms with Gasteiger partial charge in [0, 0.05) is 22.8 Å². The van der Waals surface area contributed by atoms with Crippen molar-refractivity contribution in [1.82, 2.24) is 0 Å². The van der Waals surface area contributed by atoms with E-state index in [0.29, 0.717) is 39.4 Å². The summed E-state index contributed by atoms with van der Waals surface area (Å²) in [5, 5.41) is 40.5. The fraction of sp³-hybridized carbons (Fsp3) is 0.105. The number of hydrogen-bond acceptors (Lipinski definition) is 13. The van der Waals surface area contributed by atoms with Gasteiger partial charge in [-0.1, -0.05) is 18.2 Å². The van der Waals surface area contributed by atoms with Gasteiger partial charge < -0.3 is 15.2 Å². The number of hydrogen-bond donors (Lipinski definition) is 4. The maximum atomic E-state index is 12.5. The number of anilines is 2. The first-order chi connectivity index (χ1) is 26.1. The lowest BCUT2D eigenvalue weighted by molar-refractivity contribution is 0.416. The van der Waals surface area contributed by atoms with E-state index >= 15 is 0 Å². The number of ether oxygens (including phenoxy) is 1. The number of phenolic OH excluding ortho intramolecular Hbond substituents is 1. The van der Waals surface area contributed by atoms with E-state index in [4.69, 9.17) is 9.29 Å². The Morgan fingerprint density at radius 1 is 0.582 bits per heavy atom. The standard InChI is InChI=1S/C38H33N7O8S2/c1-22-17-32(23(2)16-31(22)41-40-27-10-13-29(14-11-27)54(47,48)49)42-43-33-21-35(53-4)34(18-24(33)3)44-45-37-36(55(50,51)52)20-25-19-28(12-15-30(25)38(37)46)39-26-8-6-5-7-9-26/h5-21,39,46H,1-4H3,(H,47,48,49)(H,50,51,52). The zero-order valence-electron chi connectivity index (χ0n) is 29.7. The Kier molecular flexibility index (Phi) is 10.8. The number of azo groups is 3. The van der Waals surface area contributed by atoms with Crippen LogP contribution in [0.1, 0.15) is 16.7 Å². The number of aryl methyl sites for hydroxylation is 3. The van der Waals surface area contributed by atoms with Crippen molar-refractivity contribution in [2.75, 3.05) is 12.4 Å². The van der Waals surface area contributed by atoms with Gasteiger partial charge in [0.1, 0.15) is 22.0 Å². The molecule has 0 heterocycles. The predicted molar refractivity (Wildman–Crippen MR) is 208 cm³/mol. The minimum absolute atomic E-state index is 0.191. The molecule has 15 nitrogen and oxygen atoms in total. The monoisotopic (exact) mass is 779 g/mol. The Labute approximate surface area is 316 Å². The third-order valence-electron chi connectivity index (χ3n) is 8.33. The summed E-state index contributed by atoms with van der Waals surface area (Å²) in [4.78, 5) is -0.880. The van der Waals surface area contributed by atoms with E-state index in [1.807, 2.05) is 44.2 Å². The van der Waals surface area contributed by atoms with Crippen LogP contribution < -0.4 is 10.1 Å². The molecule has 0 atom stereocenters. The van der Waals surface area contributed by atoms with Gasteiger partial charge in [-0.3, -0.25) is 9.11 Å². The maximum Gasteiger partial charge on any atom is 0.296 e. The van der Waals surface area contributed by atoms with Gasteiger partial charge in [-0.25, -0.2) is 0 Å². The lowest BCUT2D eigenvalue weighted by atomic mass is 10.1. The molecule has 0 saturated carbocycles. The predicted octanol–water partition coefficient (Wildman–Crippen LogP) is 11.0. The lowest BCUT2D eigenvalue weighted by Gasteiger charge is -2.12. The van der Waals surface area contributed by atoms with Crippen molar-refractivity contribution in [2.45, 2.75) is 30.6 Å². The topological polar surface area (TPSA) is 224 Å². The minimum atomic E-state index is -4.85. The van der Waals surface area contributed by atoms with Crippen LogP contribution in [0, 0.1) is 20.8 Å². The maximum absolute atomic E-state index is 12.5. The molecule has 4 N–H and O–H groups in total. The number of aromatic hydroxyl groups is 1. The molecular weight excluding hydrogens is 747 g/mol. The van der Waals surface area contributed by atoms with Crippen LogP contribution in [0.5, 0.6) is 11.5 Å². The number of phenols is 1. The molecule has 0 amide bonds. The number of fused-ring (bicyclic) bond motifs is 1. The molecule has 17 heteroatoms. The number of rotatable bonds is 11. The summed E-state index contributed by atoms with van der Waals surface area (Å²) in [6.45, 7) is 5.41. The second kappa shape index (κ2) is 15.5. The molecule has 55 heavy (non-hydrogen) atoms. The van der Waals surface area contributed by atoms with Crippen molar-refractivity contribution in [3.8, 4) is 11.5 Å². The third-order valence-corrected chi connectivity index (χ3v) is 10.1. The van der Waals surface area contributed by atoms with Gasteiger partial charge in [-0.05, 0) is 122 Å². The van der Waals surface area contributed by atoms with Crippen LogP contribution >= 0.6 is 0 Å². The molecule has 0 fully saturated rings. The molecule has 0 aromatic heterocycles. The van der Waals surface area contributed by atoms with Crippen LogP contribution in [-0.4, -0.2) is 38.2 Å². The molecule has 6 aromatic rings. The summed E-state index contributed by atoms with van der Waals surface area (Å²) < 4.78 is 72.3. The molecule has 0 spiro atoms. The van der Waals surface area contributed by atoms with E-state index in [9.17, 15) is 26.5 Å². The highest BCUT2D eigenvalue weighted by atomic mass is 32.2. The van der Waals surface area contributed by atoms with E-state index in [2.05, 4.69) is 36.0 Å². The van der Waals surface area contributed by atoms with Crippen LogP contribution in [0.25, 0.3) is 10.8 Å². The molecule has 0 aliphatic heterocycles. The minimum Gasteiger partial charge on any atom is -0.505 e. The van der Waals surface area contributed by atoms with Crippen molar-refractivity contribution >= 4 is 76.5 Å². The molecule has 6 rings (SSSR count). The third kappa shape index (κ3) is 8.88. The Balaban J connectivity index is 1.26. The van der Waals surface area contributed by atoms with E-state index in [1.54, 1.807) is 49.4 Å². The first kappa shape index (κ1) is 38.3. The smallest absolute Gasteiger partial charge is 0.296 e. The highest BCUT2D eigenvalue weighted by molar-refractivity contribution is 7.86. The highest BCUT2D eigenvalue weighted by Crippen LogP contribution is 2.44. The van der Waals surface area contributed by atoms with Gasteiger partial charge in [0.2, 0.25) is 0 Å². The summed E-state index contributed by atoms with van der Waals surface area (Å²) >= 11 is 0. The molecule has 0 radical (unpaired) electrons. The van der Waals surface area contributed by atoms with E-state index < -0.39 is 36.6 Å². The summed E-state index contributed by atoms with van der Waals surface area (Å²) in [5.41, 5.74) is 5.22. The quantitative estimate of drug-likeness (QED) is 0.0723. The summed E-state index contributed by atoms with van der Waals surface area (Å²) in [6, 6.07) is 27.5. The average Bonchev–Trinajstić information content (AvgIpc) is 3.14. The fourth-order valence-corrected chi connectivity index (χ4v) is 6.57. The van der Waals surface area contributed by atoms with Crippen molar-refractivity contribution in [2.24, 2.45) is 30.7 Å². The molecule has 0 saturated heterocycles.